The van der Waals surface area contributed by atoms with E-state index in [0.717, 1.165) is 41.5 Å². The quantitative estimate of drug-likeness (QED) is 0.599. The first-order chi connectivity index (χ1) is 14.0. The van der Waals surface area contributed by atoms with Gasteiger partial charge < -0.3 is 15.5 Å². The summed E-state index contributed by atoms with van der Waals surface area (Å²) in [7, 11) is 0. The average Bonchev–Trinajstić information content (AvgIpc) is 2.70. The molecular weight excluding hydrogens is 362 g/mol. The van der Waals surface area contributed by atoms with E-state index in [9.17, 15) is 4.79 Å². The highest BCUT2D eigenvalue weighted by molar-refractivity contribution is 6.04. The maximum Gasteiger partial charge on any atom is 0.255 e. The molecule has 6 nitrogen and oxygen atoms in total. The van der Waals surface area contributed by atoms with Crippen molar-refractivity contribution < 1.29 is 4.79 Å². The van der Waals surface area contributed by atoms with Gasteiger partial charge in [-0.05, 0) is 64.1 Å². The Balaban J connectivity index is 1.70. The van der Waals surface area contributed by atoms with Crippen molar-refractivity contribution in [1.29, 1.82) is 0 Å². The fourth-order valence-corrected chi connectivity index (χ4v) is 3.07. The van der Waals surface area contributed by atoms with Gasteiger partial charge in [-0.25, -0.2) is 4.98 Å². The molecule has 29 heavy (non-hydrogen) atoms. The first-order valence-electron chi connectivity index (χ1n) is 9.84. The Morgan fingerprint density at radius 2 is 1.62 bits per heavy atom. The Bertz CT molecular complexity index is 981. The summed E-state index contributed by atoms with van der Waals surface area (Å²) in [4.78, 5) is 23.7. The molecule has 0 saturated carbocycles. The van der Waals surface area contributed by atoms with Gasteiger partial charge in [0.15, 0.2) is 0 Å². The van der Waals surface area contributed by atoms with Crippen LogP contribution in [0.1, 0.15) is 35.5 Å². The lowest BCUT2D eigenvalue weighted by Crippen LogP contribution is -2.23. The van der Waals surface area contributed by atoms with Crippen molar-refractivity contribution in [2.45, 2.75) is 27.7 Å². The molecular formula is C23H27N5O. The molecule has 2 N–H and O–H groups in total. The van der Waals surface area contributed by atoms with E-state index in [0.29, 0.717) is 11.5 Å². The molecule has 0 saturated heterocycles. The number of hydrogen-bond acceptors (Lipinski definition) is 5. The van der Waals surface area contributed by atoms with Gasteiger partial charge in [0.25, 0.3) is 5.91 Å². The van der Waals surface area contributed by atoms with Crippen LogP contribution in [0.2, 0.25) is 0 Å². The van der Waals surface area contributed by atoms with Crippen LogP contribution in [0.15, 0.2) is 54.6 Å². The lowest BCUT2D eigenvalue weighted by Gasteiger charge is -2.20. The molecule has 0 unspecified atom stereocenters. The number of anilines is 4. The molecule has 0 aliphatic heterocycles. The zero-order valence-corrected chi connectivity index (χ0v) is 17.4. The van der Waals surface area contributed by atoms with Crippen LogP contribution >= 0.6 is 0 Å². The molecule has 0 fully saturated rings. The van der Waals surface area contributed by atoms with E-state index in [4.69, 9.17) is 0 Å². The third-order valence-electron chi connectivity index (χ3n) is 4.61. The summed E-state index contributed by atoms with van der Waals surface area (Å²) in [5, 5.41) is 6.17. The summed E-state index contributed by atoms with van der Waals surface area (Å²) >= 11 is 0. The largest absolute Gasteiger partial charge is 0.357 e. The number of amides is 1. The maximum absolute atomic E-state index is 12.4. The van der Waals surface area contributed by atoms with E-state index in [2.05, 4.69) is 39.3 Å². The lowest BCUT2D eigenvalue weighted by molar-refractivity contribution is 0.102. The number of aromatic nitrogens is 2. The number of rotatable bonds is 7. The minimum absolute atomic E-state index is 0.125. The molecule has 150 valence electrons. The topological polar surface area (TPSA) is 70.2 Å². The molecule has 0 aliphatic carbocycles. The van der Waals surface area contributed by atoms with Crippen LogP contribution in [0.25, 0.3) is 0 Å². The van der Waals surface area contributed by atoms with Crippen molar-refractivity contribution in [2.75, 3.05) is 28.6 Å². The molecule has 0 atom stereocenters. The third-order valence-corrected chi connectivity index (χ3v) is 4.61. The van der Waals surface area contributed by atoms with Crippen molar-refractivity contribution in [3.05, 3.63) is 71.4 Å². The van der Waals surface area contributed by atoms with Crippen molar-refractivity contribution in [3.63, 3.8) is 0 Å². The minimum Gasteiger partial charge on any atom is -0.357 e. The van der Waals surface area contributed by atoms with Crippen molar-refractivity contribution >= 4 is 29.0 Å². The Kier molecular flexibility index (Phi) is 6.44. The second-order valence-corrected chi connectivity index (χ2v) is 6.89. The summed E-state index contributed by atoms with van der Waals surface area (Å²) in [5.41, 5.74) is 4.20. The predicted molar refractivity (Wildman–Crippen MR) is 119 cm³/mol. The predicted octanol–water partition coefficient (Wildman–Crippen LogP) is 4.94. The Morgan fingerprint density at radius 3 is 2.28 bits per heavy atom. The summed E-state index contributed by atoms with van der Waals surface area (Å²) in [5.74, 6) is 1.34. The number of nitrogens with zero attached hydrogens (tertiary/aromatic N) is 3. The summed E-state index contributed by atoms with van der Waals surface area (Å²) in [6.45, 7) is 9.93. The normalized spacial score (nSPS) is 10.5. The van der Waals surface area contributed by atoms with Gasteiger partial charge in [-0.3, -0.25) is 4.79 Å². The van der Waals surface area contributed by atoms with Gasteiger partial charge in [-0.2, -0.15) is 4.98 Å². The molecule has 1 aromatic heterocycles. The molecule has 0 radical (unpaired) electrons. The fourth-order valence-electron chi connectivity index (χ4n) is 3.07. The second kappa shape index (κ2) is 9.19. The van der Waals surface area contributed by atoms with E-state index in [1.165, 1.54) is 0 Å². The smallest absolute Gasteiger partial charge is 0.255 e. The summed E-state index contributed by atoms with van der Waals surface area (Å²) in [6, 6.07) is 17.0. The van der Waals surface area contributed by atoms with Gasteiger partial charge in [0.1, 0.15) is 5.82 Å². The van der Waals surface area contributed by atoms with Crippen molar-refractivity contribution in [2.24, 2.45) is 0 Å². The zero-order chi connectivity index (χ0) is 20.8. The van der Waals surface area contributed by atoms with Crippen LogP contribution < -0.4 is 15.5 Å². The second-order valence-electron chi connectivity index (χ2n) is 6.89. The monoisotopic (exact) mass is 389 g/mol. The summed E-state index contributed by atoms with van der Waals surface area (Å²) in [6.07, 6.45) is 0. The number of benzene rings is 2. The first-order valence-corrected chi connectivity index (χ1v) is 9.84. The van der Waals surface area contributed by atoms with Crippen molar-refractivity contribution in [3.8, 4) is 0 Å². The van der Waals surface area contributed by atoms with Gasteiger partial charge in [0.2, 0.25) is 5.95 Å². The highest BCUT2D eigenvalue weighted by Gasteiger charge is 2.09. The van der Waals surface area contributed by atoms with E-state index < -0.39 is 0 Å². The van der Waals surface area contributed by atoms with Crippen LogP contribution in [-0.4, -0.2) is 29.0 Å². The number of carbonyl (C=O) groups is 1. The first kappa shape index (κ1) is 20.3. The van der Waals surface area contributed by atoms with E-state index in [-0.39, 0.29) is 5.91 Å². The van der Waals surface area contributed by atoms with Gasteiger partial charge in [0.05, 0.1) is 0 Å². The Labute approximate surface area is 172 Å². The Morgan fingerprint density at radius 1 is 0.931 bits per heavy atom. The van der Waals surface area contributed by atoms with Gasteiger partial charge in [0, 0.05) is 41.8 Å². The molecule has 1 amide bonds. The van der Waals surface area contributed by atoms with Crippen LogP contribution in [0, 0.1) is 13.8 Å². The molecule has 3 aromatic rings. The number of nitrogens with one attached hydrogen (secondary N) is 2. The van der Waals surface area contributed by atoms with Crippen LogP contribution in [0.5, 0.6) is 0 Å². The minimum atomic E-state index is -0.125. The van der Waals surface area contributed by atoms with Crippen molar-refractivity contribution in [1.82, 2.24) is 9.97 Å². The Hall–Kier alpha value is -3.41. The molecule has 6 heteroatoms. The fraction of sp³-hybridized carbons (Fsp3) is 0.261. The van der Waals surface area contributed by atoms with Crippen LogP contribution in [-0.2, 0) is 0 Å². The molecule has 1 heterocycles. The highest BCUT2D eigenvalue weighted by atomic mass is 16.1. The molecule has 0 spiro atoms. The van der Waals surface area contributed by atoms with Crippen LogP contribution in [0.3, 0.4) is 0 Å². The molecule has 2 aromatic carbocycles. The van der Waals surface area contributed by atoms with E-state index >= 15 is 0 Å². The average molecular weight is 390 g/mol. The maximum atomic E-state index is 12.4. The molecule has 3 rings (SSSR count). The number of carbonyl (C=O) groups excluding carboxylic acids is 1. The number of aryl methyl sites for hydroxylation is 2. The van der Waals surface area contributed by atoms with E-state index in [1.54, 1.807) is 6.07 Å². The zero-order valence-electron chi connectivity index (χ0n) is 17.4. The molecule has 0 bridgehead atoms. The SMILES string of the molecule is CCN(CC)c1cc(C)nc(Nc2ccc(NC(=O)c3cccc(C)c3)cc2)n1. The van der Waals surface area contributed by atoms with Gasteiger partial charge in [-0.15, -0.1) is 0 Å². The van der Waals surface area contributed by atoms with Gasteiger partial charge >= 0.3 is 0 Å². The third kappa shape index (κ3) is 5.31. The van der Waals surface area contributed by atoms with E-state index in [1.807, 2.05) is 62.4 Å². The standard InChI is InChI=1S/C23H27N5O/c1-5-28(6-2)21-15-17(4)24-23(27-21)26-20-12-10-19(11-13-20)25-22(29)18-9-7-8-16(3)14-18/h7-15H,5-6H2,1-4H3,(H,25,29)(H,24,26,27). The van der Waals surface area contributed by atoms with Crippen LogP contribution in [0.4, 0.5) is 23.1 Å². The highest BCUT2D eigenvalue weighted by Crippen LogP contribution is 2.20. The van der Waals surface area contributed by atoms with Gasteiger partial charge in [-0.1, -0.05) is 17.7 Å². The molecule has 0 aliphatic rings. The summed E-state index contributed by atoms with van der Waals surface area (Å²) < 4.78 is 0. The number of hydrogen-bond donors (Lipinski definition) is 2. The lowest BCUT2D eigenvalue weighted by atomic mass is 10.1.